The van der Waals surface area contributed by atoms with Crippen LogP contribution in [0.3, 0.4) is 0 Å². The molecule has 2 N–H and O–H groups in total. The Labute approximate surface area is 138 Å². The minimum atomic E-state index is -0.672. The summed E-state index contributed by atoms with van der Waals surface area (Å²) in [4.78, 5) is 23.5. The van der Waals surface area contributed by atoms with Crippen LogP contribution in [0.2, 0.25) is 5.02 Å². The van der Waals surface area contributed by atoms with E-state index in [1.165, 1.54) is 19.2 Å². The number of aromatic hydroxyl groups is 1. The lowest BCUT2D eigenvalue weighted by atomic mass is 10.1. The van der Waals surface area contributed by atoms with Gasteiger partial charge in [-0.1, -0.05) is 35.9 Å². The second-order valence-electron chi connectivity index (χ2n) is 4.83. The van der Waals surface area contributed by atoms with E-state index in [0.29, 0.717) is 11.4 Å². The molecule has 0 spiro atoms. The second-order valence-corrected chi connectivity index (χ2v) is 5.24. The number of halogens is 1. The molecule has 0 radical (unpaired) electrons. The largest absolute Gasteiger partial charge is 0.505 e. The summed E-state index contributed by atoms with van der Waals surface area (Å²) in [5, 5.41) is 13.2. The zero-order valence-electron chi connectivity index (χ0n) is 12.5. The predicted octanol–water partition coefficient (Wildman–Crippen LogP) is 3.40. The van der Waals surface area contributed by atoms with Gasteiger partial charge in [0.1, 0.15) is 5.56 Å². The molecule has 2 rings (SSSR count). The van der Waals surface area contributed by atoms with Crippen LogP contribution in [0.1, 0.15) is 22.3 Å². The zero-order valence-corrected chi connectivity index (χ0v) is 13.3. The number of carbonyl (C=O) groups is 2. The molecule has 2 aromatic rings. The van der Waals surface area contributed by atoms with Crippen molar-refractivity contribution in [2.75, 3.05) is 12.4 Å². The molecule has 0 aromatic heterocycles. The van der Waals surface area contributed by atoms with Gasteiger partial charge in [-0.25, -0.2) is 4.79 Å². The molecule has 0 bridgehead atoms. The molecule has 5 nitrogen and oxygen atoms in total. The number of ether oxygens (including phenoxy) is 1. The number of nitrogens with one attached hydrogen (secondary N) is 1. The summed E-state index contributed by atoms with van der Waals surface area (Å²) in [6.45, 7) is 0. The lowest BCUT2D eigenvalue weighted by Crippen LogP contribution is -2.13. The Morgan fingerprint density at radius 2 is 1.91 bits per heavy atom. The number of methoxy groups -OCH3 is 1. The molecule has 0 aliphatic rings. The highest BCUT2D eigenvalue weighted by Crippen LogP contribution is 2.28. The normalized spacial score (nSPS) is 10.2. The highest BCUT2D eigenvalue weighted by molar-refractivity contribution is 6.31. The van der Waals surface area contributed by atoms with Crippen LogP contribution in [0.15, 0.2) is 42.5 Å². The average molecular weight is 334 g/mol. The third-order valence-corrected chi connectivity index (χ3v) is 3.66. The summed E-state index contributed by atoms with van der Waals surface area (Å²) in [6.07, 6.45) is 0.675. The monoisotopic (exact) mass is 333 g/mol. The number of hydrogen-bond donors (Lipinski definition) is 2. The van der Waals surface area contributed by atoms with Crippen molar-refractivity contribution < 1.29 is 19.4 Å². The van der Waals surface area contributed by atoms with Crippen LogP contribution in [0, 0.1) is 0 Å². The number of para-hydroxylation sites is 1. The van der Waals surface area contributed by atoms with E-state index in [1.807, 2.05) is 18.2 Å². The number of carbonyl (C=O) groups excluding carboxylic acids is 2. The van der Waals surface area contributed by atoms with Gasteiger partial charge in [-0.3, -0.25) is 4.79 Å². The number of aryl methyl sites for hydroxylation is 1. The maximum Gasteiger partial charge on any atom is 0.341 e. The number of rotatable bonds is 5. The van der Waals surface area contributed by atoms with E-state index in [4.69, 9.17) is 11.6 Å². The number of phenolic OH excluding ortho intramolecular Hbond substituents is 1. The first-order valence-electron chi connectivity index (χ1n) is 6.96. The van der Waals surface area contributed by atoms with E-state index in [2.05, 4.69) is 10.1 Å². The van der Waals surface area contributed by atoms with E-state index in [-0.39, 0.29) is 29.3 Å². The van der Waals surface area contributed by atoms with Crippen LogP contribution in [0.25, 0.3) is 0 Å². The van der Waals surface area contributed by atoms with Gasteiger partial charge in [0.25, 0.3) is 0 Å². The summed E-state index contributed by atoms with van der Waals surface area (Å²) >= 11 is 6.04. The Kier molecular flexibility index (Phi) is 5.60. The lowest BCUT2D eigenvalue weighted by molar-refractivity contribution is -0.116. The third-order valence-electron chi connectivity index (χ3n) is 3.29. The van der Waals surface area contributed by atoms with Crippen molar-refractivity contribution >= 4 is 29.2 Å². The molecular formula is C17H16ClNO4. The standard InChI is InChI=1S/C17H16ClNO4/c1-23-17(22)12-6-4-8-14(16(12)21)19-15(20)10-9-11-5-2-3-7-13(11)18/h2-8,21H,9-10H2,1H3,(H,19,20). The number of esters is 1. The first kappa shape index (κ1) is 16.8. The molecule has 6 heteroatoms. The van der Waals surface area contributed by atoms with Gasteiger partial charge < -0.3 is 15.2 Å². The van der Waals surface area contributed by atoms with E-state index in [0.717, 1.165) is 5.56 Å². The lowest BCUT2D eigenvalue weighted by Gasteiger charge is -2.10. The van der Waals surface area contributed by atoms with Crippen LogP contribution >= 0.6 is 11.6 Å². The Bertz CT molecular complexity index is 730. The van der Waals surface area contributed by atoms with E-state index >= 15 is 0 Å². The van der Waals surface area contributed by atoms with Crippen molar-refractivity contribution in [1.82, 2.24) is 0 Å². The first-order valence-corrected chi connectivity index (χ1v) is 7.34. The van der Waals surface area contributed by atoms with Crippen LogP contribution in [0.5, 0.6) is 5.75 Å². The quantitative estimate of drug-likeness (QED) is 0.649. The number of benzene rings is 2. The van der Waals surface area contributed by atoms with Crippen LogP contribution in [-0.4, -0.2) is 24.1 Å². The predicted molar refractivity (Wildman–Crippen MR) is 87.8 cm³/mol. The molecule has 0 unspecified atom stereocenters. The highest BCUT2D eigenvalue weighted by atomic mass is 35.5. The van der Waals surface area contributed by atoms with Crippen LogP contribution in [0.4, 0.5) is 5.69 Å². The van der Waals surface area contributed by atoms with Gasteiger partial charge in [0.2, 0.25) is 5.91 Å². The smallest absolute Gasteiger partial charge is 0.341 e. The van der Waals surface area contributed by atoms with Gasteiger partial charge in [-0.05, 0) is 30.2 Å². The fourth-order valence-electron chi connectivity index (χ4n) is 2.08. The molecular weight excluding hydrogens is 318 g/mol. The van der Waals surface area contributed by atoms with Gasteiger partial charge in [0.05, 0.1) is 12.8 Å². The van der Waals surface area contributed by atoms with Crippen LogP contribution in [-0.2, 0) is 16.0 Å². The van der Waals surface area contributed by atoms with E-state index in [9.17, 15) is 14.7 Å². The molecule has 2 aromatic carbocycles. The van der Waals surface area contributed by atoms with Crippen molar-refractivity contribution in [3.63, 3.8) is 0 Å². The average Bonchev–Trinajstić information content (AvgIpc) is 2.55. The molecule has 0 saturated heterocycles. The van der Waals surface area contributed by atoms with Crippen molar-refractivity contribution in [3.8, 4) is 5.75 Å². The van der Waals surface area contributed by atoms with Gasteiger partial charge in [0.15, 0.2) is 5.75 Å². The SMILES string of the molecule is COC(=O)c1cccc(NC(=O)CCc2ccccc2Cl)c1O. The number of hydrogen-bond acceptors (Lipinski definition) is 4. The molecule has 120 valence electrons. The van der Waals surface area contributed by atoms with Crippen LogP contribution < -0.4 is 5.32 Å². The Hall–Kier alpha value is -2.53. The van der Waals surface area contributed by atoms with E-state index in [1.54, 1.807) is 12.1 Å². The summed E-state index contributed by atoms with van der Waals surface area (Å²) in [5.74, 6) is -1.28. The first-order chi connectivity index (χ1) is 11.0. The number of amides is 1. The summed E-state index contributed by atoms with van der Waals surface area (Å²) in [5.41, 5.74) is 1.03. The zero-order chi connectivity index (χ0) is 16.8. The summed E-state index contributed by atoms with van der Waals surface area (Å²) in [7, 11) is 1.22. The maximum atomic E-state index is 12.0. The molecule has 23 heavy (non-hydrogen) atoms. The van der Waals surface area contributed by atoms with Crippen molar-refractivity contribution in [3.05, 3.63) is 58.6 Å². The molecule has 0 fully saturated rings. The van der Waals surface area contributed by atoms with Gasteiger partial charge in [-0.15, -0.1) is 0 Å². The summed E-state index contributed by atoms with van der Waals surface area (Å²) in [6, 6.07) is 11.8. The summed E-state index contributed by atoms with van der Waals surface area (Å²) < 4.78 is 4.57. The van der Waals surface area contributed by atoms with Gasteiger partial charge in [-0.2, -0.15) is 0 Å². The fraction of sp³-hybridized carbons (Fsp3) is 0.176. The highest BCUT2D eigenvalue weighted by Gasteiger charge is 2.16. The topological polar surface area (TPSA) is 75.6 Å². The van der Waals surface area contributed by atoms with Gasteiger partial charge >= 0.3 is 5.97 Å². The van der Waals surface area contributed by atoms with Crippen molar-refractivity contribution in [1.29, 1.82) is 0 Å². The fourth-order valence-corrected chi connectivity index (χ4v) is 2.31. The molecule has 0 saturated carbocycles. The minimum absolute atomic E-state index is 0.00333. The minimum Gasteiger partial charge on any atom is -0.505 e. The molecule has 0 atom stereocenters. The Balaban J connectivity index is 2.03. The Morgan fingerprint density at radius 3 is 2.61 bits per heavy atom. The van der Waals surface area contributed by atoms with Crippen molar-refractivity contribution in [2.45, 2.75) is 12.8 Å². The second kappa shape index (κ2) is 7.65. The molecule has 1 amide bonds. The Morgan fingerprint density at radius 1 is 1.17 bits per heavy atom. The number of phenols is 1. The van der Waals surface area contributed by atoms with Crippen molar-refractivity contribution in [2.24, 2.45) is 0 Å². The maximum absolute atomic E-state index is 12.0. The third kappa shape index (κ3) is 4.23. The van der Waals surface area contributed by atoms with Gasteiger partial charge in [0, 0.05) is 11.4 Å². The molecule has 0 heterocycles. The van der Waals surface area contributed by atoms with E-state index < -0.39 is 5.97 Å². The number of anilines is 1. The molecule has 0 aliphatic carbocycles. The molecule has 0 aliphatic heterocycles.